The fraction of sp³-hybridized carbons (Fsp3) is 0.372. The highest BCUT2D eigenvalue weighted by Gasteiger charge is 2.35. The van der Waals surface area contributed by atoms with Crippen LogP contribution in [0.3, 0.4) is 0 Å². The molecule has 17 heteroatoms. The molecular formula is C43H44F8N4O5. The van der Waals surface area contributed by atoms with Crippen molar-refractivity contribution in [2.24, 2.45) is 5.41 Å². The number of halogens is 8. The molecule has 6 rings (SSSR count). The first-order valence-corrected chi connectivity index (χ1v) is 18.8. The molecule has 0 spiro atoms. The van der Waals surface area contributed by atoms with E-state index >= 15 is 0 Å². The highest BCUT2D eigenvalue weighted by Crippen LogP contribution is 2.37. The van der Waals surface area contributed by atoms with Gasteiger partial charge in [-0.2, -0.15) is 26.3 Å². The molecule has 2 aliphatic heterocycles. The molecule has 0 saturated heterocycles. The molecule has 9 nitrogen and oxygen atoms in total. The summed E-state index contributed by atoms with van der Waals surface area (Å²) in [4.78, 5) is 39.5. The van der Waals surface area contributed by atoms with Crippen molar-refractivity contribution >= 4 is 29.1 Å². The second kappa shape index (κ2) is 18.3. The summed E-state index contributed by atoms with van der Waals surface area (Å²) in [6, 6.07) is 12.1. The fourth-order valence-corrected chi connectivity index (χ4v) is 6.99. The summed E-state index contributed by atoms with van der Waals surface area (Å²) in [7, 11) is 2.95. The first kappa shape index (κ1) is 45.4. The predicted molar refractivity (Wildman–Crippen MR) is 207 cm³/mol. The van der Waals surface area contributed by atoms with Gasteiger partial charge in [0.2, 0.25) is 17.7 Å². The second-order valence-corrected chi connectivity index (χ2v) is 15.3. The van der Waals surface area contributed by atoms with Crippen LogP contribution in [0.1, 0.15) is 65.3 Å². The minimum absolute atomic E-state index is 0.0267. The van der Waals surface area contributed by atoms with Gasteiger partial charge in [0.15, 0.2) is 0 Å². The van der Waals surface area contributed by atoms with Gasteiger partial charge in [0.1, 0.15) is 23.1 Å². The number of nitrogens with zero attached hydrogens (tertiary/aromatic N) is 1. The average Bonchev–Trinajstić information content (AvgIpc) is 3.16. The monoisotopic (exact) mass is 848 g/mol. The molecule has 0 saturated carbocycles. The van der Waals surface area contributed by atoms with Crippen LogP contribution >= 0.6 is 0 Å². The number of carbonyl (C=O) groups excluding carboxylic acids is 3. The van der Waals surface area contributed by atoms with Crippen LogP contribution in [0.15, 0.2) is 60.7 Å². The normalized spacial score (nSPS) is 13.9. The number of hydrogen-bond acceptors (Lipinski definition) is 6. The van der Waals surface area contributed by atoms with Crippen molar-refractivity contribution in [1.82, 2.24) is 10.2 Å². The molecule has 60 heavy (non-hydrogen) atoms. The van der Waals surface area contributed by atoms with Gasteiger partial charge in [-0.15, -0.1) is 0 Å². The van der Waals surface area contributed by atoms with E-state index in [0.717, 1.165) is 53.1 Å². The van der Waals surface area contributed by atoms with Gasteiger partial charge in [0.25, 0.3) is 0 Å². The topological polar surface area (TPSA) is 109 Å². The van der Waals surface area contributed by atoms with Crippen molar-refractivity contribution in [3.63, 3.8) is 0 Å². The first-order chi connectivity index (χ1) is 28.1. The Morgan fingerprint density at radius 3 is 1.58 bits per heavy atom. The maximum atomic E-state index is 13.8. The third-order valence-electron chi connectivity index (χ3n) is 9.91. The molecule has 0 unspecified atom stereocenters. The van der Waals surface area contributed by atoms with E-state index < -0.39 is 52.3 Å². The number of benzene rings is 4. The van der Waals surface area contributed by atoms with Gasteiger partial charge >= 0.3 is 12.4 Å². The van der Waals surface area contributed by atoms with E-state index in [1.165, 1.54) is 14.2 Å². The smallest absolute Gasteiger partial charge is 0.419 e. The zero-order chi connectivity index (χ0) is 44.2. The molecule has 322 valence electrons. The molecule has 4 aromatic rings. The molecule has 3 amide bonds. The van der Waals surface area contributed by atoms with Gasteiger partial charge in [-0.05, 0) is 89.2 Å². The number of ether oxygens (including phenoxy) is 2. The Hall–Kier alpha value is -5.71. The maximum Gasteiger partial charge on any atom is 0.419 e. The molecule has 2 heterocycles. The lowest BCUT2D eigenvalue weighted by Gasteiger charge is -2.34. The number of anilines is 2. The quantitative estimate of drug-likeness (QED) is 0.153. The first-order valence-electron chi connectivity index (χ1n) is 18.8. The van der Waals surface area contributed by atoms with Crippen LogP contribution < -0.4 is 25.4 Å². The Morgan fingerprint density at radius 1 is 0.683 bits per heavy atom. The molecule has 0 aliphatic carbocycles. The Bertz CT molecular complexity index is 2250. The zero-order valence-corrected chi connectivity index (χ0v) is 33.4. The van der Waals surface area contributed by atoms with Gasteiger partial charge in [0.05, 0.1) is 49.6 Å². The van der Waals surface area contributed by atoms with E-state index in [1.807, 2.05) is 32.9 Å². The molecule has 3 N–H and O–H groups in total. The van der Waals surface area contributed by atoms with Crippen molar-refractivity contribution in [2.45, 2.75) is 71.9 Å². The summed E-state index contributed by atoms with van der Waals surface area (Å²) in [6.07, 6.45) is -8.93. The molecule has 2 aliphatic rings. The fourth-order valence-electron chi connectivity index (χ4n) is 6.99. The van der Waals surface area contributed by atoms with E-state index in [2.05, 4.69) is 16.0 Å². The summed E-state index contributed by atoms with van der Waals surface area (Å²) in [5.74, 6) is -2.84. The van der Waals surface area contributed by atoms with E-state index in [1.54, 1.807) is 17.0 Å². The van der Waals surface area contributed by atoms with Gasteiger partial charge in [-0.3, -0.25) is 14.4 Å². The van der Waals surface area contributed by atoms with Crippen LogP contribution in [0.2, 0.25) is 0 Å². The molecule has 0 bridgehead atoms. The highest BCUT2D eigenvalue weighted by molar-refractivity contribution is 5.96. The summed E-state index contributed by atoms with van der Waals surface area (Å²) < 4.78 is 114. The number of amides is 3. The summed E-state index contributed by atoms with van der Waals surface area (Å²) in [6.45, 7) is 7.86. The van der Waals surface area contributed by atoms with Crippen molar-refractivity contribution in [3.05, 3.63) is 117 Å². The van der Waals surface area contributed by atoms with Crippen LogP contribution in [0, 0.1) is 17.0 Å². The van der Waals surface area contributed by atoms with Gasteiger partial charge in [0, 0.05) is 25.0 Å². The molecule has 0 fully saturated rings. The van der Waals surface area contributed by atoms with Gasteiger partial charge in [-0.25, -0.2) is 8.78 Å². The lowest BCUT2D eigenvalue weighted by molar-refractivity contribution is -0.141. The largest absolute Gasteiger partial charge is 0.495 e. The van der Waals surface area contributed by atoms with Crippen LogP contribution in [-0.4, -0.2) is 49.9 Å². The van der Waals surface area contributed by atoms with Crippen LogP contribution in [0.5, 0.6) is 11.5 Å². The van der Waals surface area contributed by atoms with Crippen LogP contribution in [0.4, 0.5) is 46.5 Å². The minimum Gasteiger partial charge on any atom is -0.495 e. The minimum atomic E-state index is -4.80. The van der Waals surface area contributed by atoms with Crippen molar-refractivity contribution < 1.29 is 59.0 Å². The van der Waals surface area contributed by atoms with E-state index in [-0.39, 0.29) is 29.9 Å². The molecular weight excluding hydrogens is 804 g/mol. The number of alkyl halides is 6. The summed E-state index contributed by atoms with van der Waals surface area (Å²) in [5.41, 5.74) is 1.74. The third-order valence-corrected chi connectivity index (χ3v) is 9.91. The Kier molecular flexibility index (Phi) is 13.8. The lowest BCUT2D eigenvalue weighted by Crippen LogP contribution is -2.42. The predicted octanol–water partition coefficient (Wildman–Crippen LogP) is 8.65. The second-order valence-electron chi connectivity index (χ2n) is 15.3. The van der Waals surface area contributed by atoms with E-state index in [0.29, 0.717) is 67.5 Å². The number of hydrogen-bond donors (Lipinski definition) is 3. The standard InChI is InChI=1S/C24H26F4N2O3.C19H18F4N2O2/c1-23(2,3)22(32)30-10-9-16-15(13-30)6-8-19(33-4)21(16)29-20(31)12-14-5-7-17(18(25)11-14)24(26,27)28;1-27-16-5-3-12-10-24-7-6-13(12)18(16)25-17(26)9-11-2-4-14(15(20)8-11)19(21,22)23/h5-8,11H,9-10,12-13H2,1-4H3,(H,29,31);2-5,8,24H,6-7,9-10H2,1H3,(H,25,26). The van der Waals surface area contributed by atoms with Crippen molar-refractivity contribution in [2.75, 3.05) is 37.9 Å². The molecule has 0 atom stereocenters. The summed E-state index contributed by atoms with van der Waals surface area (Å²) in [5, 5.41) is 8.77. The molecule has 0 aromatic heterocycles. The zero-order valence-electron chi connectivity index (χ0n) is 33.4. The third kappa shape index (κ3) is 10.9. The van der Waals surface area contributed by atoms with E-state index in [4.69, 9.17) is 9.47 Å². The number of nitrogens with one attached hydrogen (secondary N) is 3. The maximum absolute atomic E-state index is 13.8. The highest BCUT2D eigenvalue weighted by atomic mass is 19.4. The molecule has 0 radical (unpaired) electrons. The number of rotatable bonds is 8. The number of carbonyl (C=O) groups is 3. The van der Waals surface area contributed by atoms with Gasteiger partial charge in [-0.1, -0.05) is 45.0 Å². The van der Waals surface area contributed by atoms with Crippen LogP contribution in [0.25, 0.3) is 0 Å². The van der Waals surface area contributed by atoms with Gasteiger partial charge < -0.3 is 30.3 Å². The lowest BCUT2D eigenvalue weighted by atomic mass is 9.91. The SMILES string of the molecule is COc1ccc2c(c1NC(=O)Cc1ccc(C(F)(F)F)c(F)c1)CCN(C(=O)C(C)(C)C)C2.COc1ccc2c(c1NC(=O)Cc1ccc(C(F)(F)F)c(F)c1)CCNC2. The van der Waals surface area contributed by atoms with Crippen molar-refractivity contribution in [3.8, 4) is 11.5 Å². The van der Waals surface area contributed by atoms with Crippen LogP contribution in [-0.2, 0) is 65.5 Å². The number of methoxy groups -OCH3 is 2. The summed E-state index contributed by atoms with van der Waals surface area (Å²) >= 11 is 0. The Morgan fingerprint density at radius 2 is 1.15 bits per heavy atom. The molecule has 4 aromatic carbocycles. The Labute approximate surface area is 341 Å². The van der Waals surface area contributed by atoms with Crippen molar-refractivity contribution in [1.29, 1.82) is 0 Å². The van der Waals surface area contributed by atoms with E-state index in [9.17, 15) is 49.5 Å². The Balaban J connectivity index is 0.000000232. The number of fused-ring (bicyclic) bond motifs is 2. The average molecular weight is 849 g/mol.